The van der Waals surface area contributed by atoms with Crippen LogP contribution in [0, 0.1) is 17.2 Å². The van der Waals surface area contributed by atoms with Crippen molar-refractivity contribution in [2.45, 2.75) is 26.2 Å². The molecule has 0 saturated carbocycles. The van der Waals surface area contributed by atoms with Crippen LogP contribution < -0.4 is 5.32 Å². The average molecular weight is 246 g/mol. The van der Waals surface area contributed by atoms with E-state index in [-0.39, 0.29) is 11.7 Å². The molecule has 0 aliphatic carbocycles. The molecule has 1 amide bonds. The SMILES string of the molecule is CCCC(C#N)C(=O)NCCCS(C)(=O)=O. The molecule has 1 unspecified atom stereocenters. The predicted octanol–water partition coefficient (Wildman–Crippen LogP) is 0.477. The fourth-order valence-corrected chi connectivity index (χ4v) is 1.88. The Balaban J connectivity index is 3.85. The molecule has 0 spiro atoms. The summed E-state index contributed by atoms with van der Waals surface area (Å²) in [5.41, 5.74) is 0. The third-order valence-electron chi connectivity index (χ3n) is 2.04. The van der Waals surface area contributed by atoms with Crippen LogP contribution >= 0.6 is 0 Å². The maximum Gasteiger partial charge on any atom is 0.237 e. The third-order valence-corrected chi connectivity index (χ3v) is 3.07. The summed E-state index contributed by atoms with van der Waals surface area (Å²) in [6.07, 6.45) is 2.85. The van der Waals surface area contributed by atoms with Gasteiger partial charge in [-0.15, -0.1) is 0 Å². The van der Waals surface area contributed by atoms with Crippen molar-refractivity contribution in [3.05, 3.63) is 0 Å². The highest BCUT2D eigenvalue weighted by Gasteiger charge is 2.15. The van der Waals surface area contributed by atoms with Crippen molar-refractivity contribution in [1.29, 1.82) is 5.26 Å². The molecule has 6 heteroatoms. The normalized spacial score (nSPS) is 12.8. The summed E-state index contributed by atoms with van der Waals surface area (Å²) in [6.45, 7) is 2.20. The Morgan fingerprint density at radius 2 is 2.12 bits per heavy atom. The van der Waals surface area contributed by atoms with Gasteiger partial charge in [0.15, 0.2) is 0 Å². The van der Waals surface area contributed by atoms with E-state index in [1.807, 2.05) is 13.0 Å². The number of carbonyl (C=O) groups excluding carboxylic acids is 1. The predicted molar refractivity (Wildman–Crippen MR) is 61.3 cm³/mol. The second kappa shape index (κ2) is 7.23. The molecule has 0 saturated heterocycles. The number of hydrogen-bond donors (Lipinski definition) is 1. The Morgan fingerprint density at radius 1 is 1.50 bits per heavy atom. The molecule has 0 heterocycles. The number of nitrogens with zero attached hydrogens (tertiary/aromatic N) is 1. The summed E-state index contributed by atoms with van der Waals surface area (Å²) in [7, 11) is -2.97. The van der Waals surface area contributed by atoms with Crippen LogP contribution in [0.25, 0.3) is 0 Å². The van der Waals surface area contributed by atoms with E-state index in [1.54, 1.807) is 0 Å². The number of rotatable bonds is 7. The molecule has 16 heavy (non-hydrogen) atoms. The first kappa shape index (κ1) is 14.9. The Morgan fingerprint density at radius 3 is 2.56 bits per heavy atom. The van der Waals surface area contributed by atoms with E-state index in [1.165, 1.54) is 0 Å². The molecule has 0 aromatic heterocycles. The van der Waals surface area contributed by atoms with Crippen LogP contribution in [0.15, 0.2) is 0 Å². The number of nitrogens with one attached hydrogen (secondary N) is 1. The lowest BCUT2D eigenvalue weighted by Gasteiger charge is -2.08. The fourth-order valence-electron chi connectivity index (χ4n) is 1.21. The van der Waals surface area contributed by atoms with E-state index in [0.717, 1.165) is 12.7 Å². The molecule has 1 N–H and O–H groups in total. The van der Waals surface area contributed by atoms with Crippen LogP contribution in [0.4, 0.5) is 0 Å². The van der Waals surface area contributed by atoms with Gasteiger partial charge in [-0.05, 0) is 12.8 Å². The van der Waals surface area contributed by atoms with Gasteiger partial charge in [-0.1, -0.05) is 13.3 Å². The maximum atomic E-state index is 11.4. The molecular formula is C10H18N2O3S. The van der Waals surface area contributed by atoms with E-state index in [0.29, 0.717) is 19.4 Å². The monoisotopic (exact) mass is 246 g/mol. The van der Waals surface area contributed by atoms with Gasteiger partial charge in [0, 0.05) is 12.8 Å². The van der Waals surface area contributed by atoms with Gasteiger partial charge in [-0.25, -0.2) is 8.42 Å². The summed E-state index contributed by atoms with van der Waals surface area (Å²) in [5, 5.41) is 11.3. The number of nitriles is 1. The lowest BCUT2D eigenvalue weighted by Crippen LogP contribution is -2.31. The van der Waals surface area contributed by atoms with E-state index in [2.05, 4.69) is 5.32 Å². The van der Waals surface area contributed by atoms with E-state index >= 15 is 0 Å². The first-order valence-electron chi connectivity index (χ1n) is 5.25. The maximum absolute atomic E-state index is 11.4. The minimum absolute atomic E-state index is 0.0538. The topological polar surface area (TPSA) is 87.0 Å². The third kappa shape index (κ3) is 7.23. The van der Waals surface area contributed by atoms with Crippen LogP contribution in [0.1, 0.15) is 26.2 Å². The first-order chi connectivity index (χ1) is 7.40. The van der Waals surface area contributed by atoms with Gasteiger partial charge < -0.3 is 5.32 Å². The highest BCUT2D eigenvalue weighted by atomic mass is 32.2. The molecule has 5 nitrogen and oxygen atoms in total. The smallest absolute Gasteiger partial charge is 0.237 e. The average Bonchev–Trinajstić information content (AvgIpc) is 2.19. The second-order valence-corrected chi connectivity index (χ2v) is 6.00. The molecule has 0 aliphatic heterocycles. The Hall–Kier alpha value is -1.09. The van der Waals surface area contributed by atoms with Crippen LogP contribution in [-0.4, -0.2) is 32.9 Å². The summed E-state index contributed by atoms with van der Waals surface area (Å²) < 4.78 is 21.6. The van der Waals surface area contributed by atoms with Crippen molar-refractivity contribution < 1.29 is 13.2 Å². The molecule has 0 bridgehead atoms. The van der Waals surface area contributed by atoms with Gasteiger partial charge in [0.2, 0.25) is 5.91 Å². The first-order valence-corrected chi connectivity index (χ1v) is 7.31. The number of hydrogen-bond acceptors (Lipinski definition) is 4. The van der Waals surface area contributed by atoms with Gasteiger partial charge in [-0.3, -0.25) is 4.79 Å². The molecule has 0 aromatic carbocycles. The summed E-state index contributed by atoms with van der Waals surface area (Å²) in [4.78, 5) is 11.4. The molecule has 0 rings (SSSR count). The zero-order chi connectivity index (χ0) is 12.6. The lowest BCUT2D eigenvalue weighted by molar-refractivity contribution is -0.123. The lowest BCUT2D eigenvalue weighted by atomic mass is 10.1. The standard InChI is InChI=1S/C10H18N2O3S/c1-3-5-9(8-11)10(13)12-6-4-7-16(2,14)15/h9H,3-7H2,1-2H3,(H,12,13). The number of amides is 1. The van der Waals surface area contributed by atoms with Gasteiger partial charge in [0.05, 0.1) is 11.8 Å². The van der Waals surface area contributed by atoms with Crippen molar-refractivity contribution in [1.82, 2.24) is 5.32 Å². The van der Waals surface area contributed by atoms with Crippen LogP contribution in [0.3, 0.4) is 0 Å². The van der Waals surface area contributed by atoms with Gasteiger partial charge in [-0.2, -0.15) is 5.26 Å². The second-order valence-electron chi connectivity index (χ2n) is 3.74. The van der Waals surface area contributed by atoms with E-state index < -0.39 is 15.8 Å². The van der Waals surface area contributed by atoms with Gasteiger partial charge >= 0.3 is 0 Å². The van der Waals surface area contributed by atoms with Crippen molar-refractivity contribution in [3.63, 3.8) is 0 Å². The Labute approximate surface area is 96.8 Å². The molecule has 0 aliphatic rings. The zero-order valence-corrected chi connectivity index (χ0v) is 10.5. The molecule has 1 atom stereocenters. The van der Waals surface area contributed by atoms with Crippen LogP contribution in [0.5, 0.6) is 0 Å². The minimum atomic E-state index is -2.97. The van der Waals surface area contributed by atoms with Crippen molar-refractivity contribution >= 4 is 15.7 Å². The van der Waals surface area contributed by atoms with E-state index in [4.69, 9.17) is 5.26 Å². The number of sulfone groups is 1. The molecular weight excluding hydrogens is 228 g/mol. The van der Waals surface area contributed by atoms with Crippen LogP contribution in [-0.2, 0) is 14.6 Å². The Bertz CT molecular complexity index is 357. The Kier molecular flexibility index (Phi) is 6.74. The quantitative estimate of drug-likeness (QED) is 0.662. The number of carbonyl (C=O) groups is 1. The minimum Gasteiger partial charge on any atom is -0.355 e. The highest BCUT2D eigenvalue weighted by Crippen LogP contribution is 2.04. The molecule has 92 valence electrons. The summed E-state index contributed by atoms with van der Waals surface area (Å²) >= 11 is 0. The summed E-state index contributed by atoms with van der Waals surface area (Å²) in [6, 6.07) is 1.93. The van der Waals surface area contributed by atoms with Crippen molar-refractivity contribution in [3.8, 4) is 6.07 Å². The summed E-state index contributed by atoms with van der Waals surface area (Å²) in [5.74, 6) is -0.876. The van der Waals surface area contributed by atoms with Crippen LogP contribution in [0.2, 0.25) is 0 Å². The molecule has 0 radical (unpaired) electrons. The van der Waals surface area contributed by atoms with Crippen molar-refractivity contribution in [2.24, 2.45) is 5.92 Å². The molecule has 0 fully saturated rings. The van der Waals surface area contributed by atoms with Gasteiger partial charge in [0.1, 0.15) is 15.8 Å². The highest BCUT2D eigenvalue weighted by molar-refractivity contribution is 7.90. The largest absolute Gasteiger partial charge is 0.355 e. The fraction of sp³-hybridized carbons (Fsp3) is 0.800. The zero-order valence-electron chi connectivity index (χ0n) is 9.69. The van der Waals surface area contributed by atoms with E-state index in [9.17, 15) is 13.2 Å². The van der Waals surface area contributed by atoms with Crippen molar-refractivity contribution in [2.75, 3.05) is 18.6 Å². The molecule has 0 aromatic rings. The van der Waals surface area contributed by atoms with Gasteiger partial charge in [0.25, 0.3) is 0 Å².